The van der Waals surface area contributed by atoms with E-state index in [-0.39, 0.29) is 11.9 Å². The van der Waals surface area contributed by atoms with Crippen molar-refractivity contribution in [2.45, 2.75) is 19.4 Å². The van der Waals surface area contributed by atoms with E-state index in [1.807, 2.05) is 13.2 Å². The van der Waals surface area contributed by atoms with Crippen LogP contribution in [-0.4, -0.2) is 44.2 Å². The molecule has 0 aromatic carbocycles. The second-order valence-electron chi connectivity index (χ2n) is 3.69. The Balaban J connectivity index is 3.63. The molecular weight excluding hydrogens is 212 g/mol. The van der Waals surface area contributed by atoms with Gasteiger partial charge < -0.3 is 15.8 Å². The van der Waals surface area contributed by atoms with Crippen LogP contribution in [-0.2, 0) is 9.53 Å². The summed E-state index contributed by atoms with van der Waals surface area (Å²) in [5.41, 5.74) is 5.71. The molecule has 5 heteroatoms. The minimum atomic E-state index is -0.382. The average Bonchev–Trinajstić information content (AvgIpc) is 2.22. The Kier molecular flexibility index (Phi) is 8.85. The van der Waals surface area contributed by atoms with E-state index in [1.165, 1.54) is 0 Å². The van der Waals surface area contributed by atoms with Gasteiger partial charge in [0.25, 0.3) is 0 Å². The first-order chi connectivity index (χ1) is 7.11. The van der Waals surface area contributed by atoms with Crippen molar-refractivity contribution < 1.29 is 9.53 Å². The SMILES string of the molecule is COCC(C)CNC(=O)[C@@H](N)CCSC. The standard InChI is InChI=1S/C10H22N2O2S/c1-8(7-14-2)6-12-10(13)9(11)4-5-15-3/h8-9H,4-7,11H2,1-3H3,(H,12,13)/t8?,9-/m0/s1. The van der Waals surface area contributed by atoms with E-state index < -0.39 is 0 Å². The van der Waals surface area contributed by atoms with Gasteiger partial charge in [-0.25, -0.2) is 0 Å². The first kappa shape index (κ1) is 14.7. The lowest BCUT2D eigenvalue weighted by Crippen LogP contribution is -2.42. The second kappa shape index (κ2) is 9.00. The highest BCUT2D eigenvalue weighted by Gasteiger charge is 2.13. The molecule has 15 heavy (non-hydrogen) atoms. The number of methoxy groups -OCH3 is 1. The molecule has 0 bridgehead atoms. The highest BCUT2D eigenvalue weighted by Crippen LogP contribution is 1.99. The highest BCUT2D eigenvalue weighted by molar-refractivity contribution is 7.98. The molecule has 0 saturated carbocycles. The van der Waals surface area contributed by atoms with Gasteiger partial charge >= 0.3 is 0 Å². The molecule has 3 N–H and O–H groups in total. The number of thioether (sulfide) groups is 1. The Labute approximate surface area is 96.3 Å². The Hall–Kier alpha value is -0.260. The first-order valence-electron chi connectivity index (χ1n) is 5.13. The molecule has 0 heterocycles. The van der Waals surface area contributed by atoms with Gasteiger partial charge in [0.1, 0.15) is 0 Å². The third-order valence-electron chi connectivity index (χ3n) is 2.05. The van der Waals surface area contributed by atoms with Crippen molar-refractivity contribution in [3.8, 4) is 0 Å². The Morgan fingerprint density at radius 1 is 1.60 bits per heavy atom. The summed E-state index contributed by atoms with van der Waals surface area (Å²) in [5, 5.41) is 2.82. The van der Waals surface area contributed by atoms with Gasteiger partial charge in [0.15, 0.2) is 0 Å². The van der Waals surface area contributed by atoms with Crippen molar-refractivity contribution in [3.05, 3.63) is 0 Å². The number of hydrogen-bond acceptors (Lipinski definition) is 4. The normalized spacial score (nSPS) is 14.7. The number of hydrogen-bond donors (Lipinski definition) is 2. The second-order valence-corrected chi connectivity index (χ2v) is 4.68. The van der Waals surface area contributed by atoms with E-state index in [4.69, 9.17) is 10.5 Å². The fourth-order valence-corrected chi connectivity index (χ4v) is 1.61. The van der Waals surface area contributed by atoms with E-state index >= 15 is 0 Å². The van der Waals surface area contributed by atoms with Gasteiger partial charge in [-0.2, -0.15) is 11.8 Å². The summed E-state index contributed by atoms with van der Waals surface area (Å²) in [4.78, 5) is 11.5. The Bertz CT molecular complexity index is 179. The van der Waals surface area contributed by atoms with E-state index in [9.17, 15) is 4.79 Å². The predicted molar refractivity (Wildman–Crippen MR) is 65.0 cm³/mol. The summed E-state index contributed by atoms with van der Waals surface area (Å²) in [6, 6.07) is -0.382. The summed E-state index contributed by atoms with van der Waals surface area (Å²) in [6.45, 7) is 3.30. The van der Waals surface area contributed by atoms with Crippen LogP contribution >= 0.6 is 11.8 Å². The minimum absolute atomic E-state index is 0.0630. The zero-order valence-electron chi connectivity index (χ0n) is 9.79. The first-order valence-corrected chi connectivity index (χ1v) is 6.52. The number of nitrogens with one attached hydrogen (secondary N) is 1. The van der Waals surface area contributed by atoms with Crippen LogP contribution in [0.2, 0.25) is 0 Å². The summed E-state index contributed by atoms with van der Waals surface area (Å²) < 4.78 is 4.98. The van der Waals surface area contributed by atoms with Crippen molar-refractivity contribution in [2.24, 2.45) is 11.7 Å². The highest BCUT2D eigenvalue weighted by atomic mass is 32.2. The lowest BCUT2D eigenvalue weighted by atomic mass is 10.2. The van der Waals surface area contributed by atoms with Gasteiger partial charge in [0.05, 0.1) is 12.6 Å². The summed E-state index contributed by atoms with van der Waals surface area (Å²) >= 11 is 1.70. The smallest absolute Gasteiger partial charge is 0.236 e. The van der Waals surface area contributed by atoms with Crippen molar-refractivity contribution >= 4 is 17.7 Å². The topological polar surface area (TPSA) is 64.3 Å². The lowest BCUT2D eigenvalue weighted by molar-refractivity contribution is -0.122. The molecule has 0 aromatic rings. The van der Waals surface area contributed by atoms with E-state index in [2.05, 4.69) is 5.32 Å². The fraction of sp³-hybridized carbons (Fsp3) is 0.900. The predicted octanol–water partition coefficient (Wildman–Crippen LogP) is 0.466. The monoisotopic (exact) mass is 234 g/mol. The number of carbonyl (C=O) groups is 1. The van der Waals surface area contributed by atoms with Gasteiger partial charge in [-0.05, 0) is 24.3 Å². The molecule has 0 saturated heterocycles. The molecule has 2 atom stereocenters. The zero-order valence-corrected chi connectivity index (χ0v) is 10.6. The lowest BCUT2D eigenvalue weighted by Gasteiger charge is -2.14. The number of nitrogens with two attached hydrogens (primary N) is 1. The maximum Gasteiger partial charge on any atom is 0.236 e. The van der Waals surface area contributed by atoms with Crippen LogP contribution in [0.15, 0.2) is 0 Å². The Morgan fingerprint density at radius 3 is 2.80 bits per heavy atom. The summed E-state index contributed by atoms with van der Waals surface area (Å²) in [6.07, 6.45) is 2.73. The number of ether oxygens (including phenoxy) is 1. The number of rotatable bonds is 8. The molecule has 0 spiro atoms. The van der Waals surface area contributed by atoms with E-state index in [1.54, 1.807) is 18.9 Å². The molecule has 4 nitrogen and oxygen atoms in total. The molecule has 1 amide bonds. The van der Waals surface area contributed by atoms with E-state index in [0.29, 0.717) is 19.1 Å². The van der Waals surface area contributed by atoms with Crippen molar-refractivity contribution in [3.63, 3.8) is 0 Å². The number of amides is 1. The molecule has 90 valence electrons. The fourth-order valence-electron chi connectivity index (χ4n) is 1.13. The summed E-state index contributed by atoms with van der Waals surface area (Å²) in [7, 11) is 1.66. The zero-order chi connectivity index (χ0) is 11.7. The van der Waals surface area contributed by atoms with Crippen LogP contribution in [0, 0.1) is 5.92 Å². The number of carbonyl (C=O) groups excluding carboxylic acids is 1. The average molecular weight is 234 g/mol. The van der Waals surface area contributed by atoms with Gasteiger partial charge in [-0.15, -0.1) is 0 Å². The molecule has 0 aliphatic heterocycles. The third kappa shape index (κ3) is 7.64. The molecule has 0 radical (unpaired) electrons. The van der Waals surface area contributed by atoms with Crippen LogP contribution < -0.4 is 11.1 Å². The van der Waals surface area contributed by atoms with E-state index in [0.717, 1.165) is 12.2 Å². The van der Waals surface area contributed by atoms with Gasteiger partial charge in [-0.1, -0.05) is 6.92 Å². The van der Waals surface area contributed by atoms with Crippen molar-refractivity contribution in [2.75, 3.05) is 32.3 Å². The third-order valence-corrected chi connectivity index (χ3v) is 2.69. The van der Waals surface area contributed by atoms with Crippen LogP contribution in [0.5, 0.6) is 0 Å². The molecule has 0 aliphatic rings. The maximum absolute atomic E-state index is 11.5. The quantitative estimate of drug-likeness (QED) is 0.640. The van der Waals surface area contributed by atoms with Gasteiger partial charge in [0.2, 0.25) is 5.91 Å². The Morgan fingerprint density at radius 2 is 2.27 bits per heavy atom. The largest absolute Gasteiger partial charge is 0.384 e. The molecular formula is C10H22N2O2S. The van der Waals surface area contributed by atoms with Crippen molar-refractivity contribution in [1.29, 1.82) is 0 Å². The minimum Gasteiger partial charge on any atom is -0.384 e. The molecule has 1 unspecified atom stereocenters. The van der Waals surface area contributed by atoms with Crippen LogP contribution in [0.25, 0.3) is 0 Å². The van der Waals surface area contributed by atoms with Crippen LogP contribution in [0.3, 0.4) is 0 Å². The molecule has 0 aromatic heterocycles. The van der Waals surface area contributed by atoms with Crippen LogP contribution in [0.1, 0.15) is 13.3 Å². The molecule has 0 aliphatic carbocycles. The maximum atomic E-state index is 11.5. The van der Waals surface area contributed by atoms with Crippen LogP contribution in [0.4, 0.5) is 0 Å². The van der Waals surface area contributed by atoms with Gasteiger partial charge in [-0.3, -0.25) is 4.79 Å². The van der Waals surface area contributed by atoms with Crippen molar-refractivity contribution in [1.82, 2.24) is 5.32 Å². The van der Waals surface area contributed by atoms with Gasteiger partial charge in [0, 0.05) is 13.7 Å². The molecule has 0 fully saturated rings. The summed E-state index contributed by atoms with van der Waals surface area (Å²) in [5.74, 6) is 1.18. The molecule has 0 rings (SSSR count).